The lowest BCUT2D eigenvalue weighted by Crippen LogP contribution is -2.29. The fraction of sp³-hybridized carbons (Fsp3) is 0.267. The molecule has 1 aliphatic rings. The van der Waals surface area contributed by atoms with Crippen LogP contribution in [0.5, 0.6) is 0 Å². The summed E-state index contributed by atoms with van der Waals surface area (Å²) < 4.78 is 0. The lowest BCUT2D eigenvalue weighted by atomic mass is 10.0. The summed E-state index contributed by atoms with van der Waals surface area (Å²) in [5, 5.41) is 2.68. The third-order valence-corrected chi connectivity index (χ3v) is 4.61. The average Bonchev–Trinajstić information content (AvgIpc) is 3.10. The van der Waals surface area contributed by atoms with Gasteiger partial charge in [0.1, 0.15) is 0 Å². The monoisotopic (exact) mass is 291 g/mol. The highest BCUT2D eigenvalue weighted by Crippen LogP contribution is 2.34. The molecule has 1 aromatic carbocycles. The maximum atomic E-state index is 12.5. The maximum Gasteiger partial charge on any atom is 0.264 e. The number of likely N-dealkylation sites (tertiary alicyclic amines) is 1. The first kappa shape index (κ1) is 12.7. The van der Waals surface area contributed by atoms with Crippen LogP contribution in [0.25, 0.3) is 0 Å². The van der Waals surface area contributed by atoms with Gasteiger partial charge in [-0.1, -0.05) is 29.8 Å². The van der Waals surface area contributed by atoms with Crippen molar-refractivity contribution in [3.63, 3.8) is 0 Å². The van der Waals surface area contributed by atoms with Crippen LogP contribution in [-0.4, -0.2) is 17.4 Å². The van der Waals surface area contributed by atoms with Gasteiger partial charge in [0.2, 0.25) is 0 Å². The second kappa shape index (κ2) is 5.35. The number of halogens is 1. The Balaban J connectivity index is 1.85. The molecule has 2 aromatic rings. The Hall–Kier alpha value is -1.32. The van der Waals surface area contributed by atoms with E-state index in [-0.39, 0.29) is 11.9 Å². The van der Waals surface area contributed by atoms with E-state index in [1.165, 1.54) is 16.9 Å². The van der Waals surface area contributed by atoms with E-state index < -0.39 is 0 Å². The highest BCUT2D eigenvalue weighted by molar-refractivity contribution is 7.12. The summed E-state index contributed by atoms with van der Waals surface area (Å²) >= 11 is 7.42. The zero-order chi connectivity index (χ0) is 13.2. The number of hydrogen-bond acceptors (Lipinski definition) is 2. The summed E-state index contributed by atoms with van der Waals surface area (Å²) in [4.78, 5) is 15.3. The Kier molecular flexibility index (Phi) is 3.58. The molecule has 1 saturated heterocycles. The molecule has 98 valence electrons. The molecule has 1 fully saturated rings. The van der Waals surface area contributed by atoms with Crippen LogP contribution in [0.3, 0.4) is 0 Å². The normalized spacial score (nSPS) is 18.8. The van der Waals surface area contributed by atoms with Gasteiger partial charge in [-0.25, -0.2) is 0 Å². The molecule has 1 aromatic heterocycles. The van der Waals surface area contributed by atoms with E-state index in [2.05, 4.69) is 0 Å². The van der Waals surface area contributed by atoms with E-state index in [0.717, 1.165) is 29.3 Å². The third kappa shape index (κ3) is 2.53. The van der Waals surface area contributed by atoms with Gasteiger partial charge >= 0.3 is 0 Å². The lowest BCUT2D eigenvalue weighted by Gasteiger charge is -2.24. The number of benzene rings is 1. The molecule has 4 heteroatoms. The molecular formula is C15H14ClNOS. The molecule has 19 heavy (non-hydrogen) atoms. The second-order valence-corrected chi connectivity index (χ2v) is 6.07. The topological polar surface area (TPSA) is 20.3 Å². The molecule has 0 spiro atoms. The largest absolute Gasteiger partial charge is 0.331 e. The minimum atomic E-state index is 0.146. The van der Waals surface area contributed by atoms with Gasteiger partial charge in [-0.15, -0.1) is 11.3 Å². The van der Waals surface area contributed by atoms with E-state index in [0.29, 0.717) is 0 Å². The van der Waals surface area contributed by atoms with Crippen molar-refractivity contribution in [1.82, 2.24) is 4.90 Å². The molecule has 0 bridgehead atoms. The molecule has 0 unspecified atom stereocenters. The third-order valence-electron chi connectivity index (χ3n) is 3.50. The first-order valence-electron chi connectivity index (χ1n) is 6.35. The van der Waals surface area contributed by atoms with Gasteiger partial charge < -0.3 is 4.90 Å². The SMILES string of the molecule is O=C(c1cccs1)N1CCC[C@@H]1c1ccc(Cl)cc1. The zero-order valence-corrected chi connectivity index (χ0v) is 12.0. The van der Waals surface area contributed by atoms with Crippen molar-refractivity contribution in [2.75, 3.05) is 6.54 Å². The predicted molar refractivity (Wildman–Crippen MR) is 78.8 cm³/mol. The summed E-state index contributed by atoms with van der Waals surface area (Å²) in [5.41, 5.74) is 1.17. The maximum absolute atomic E-state index is 12.5. The van der Waals surface area contributed by atoms with E-state index in [9.17, 15) is 4.79 Å². The van der Waals surface area contributed by atoms with Crippen molar-refractivity contribution in [3.8, 4) is 0 Å². The molecule has 0 N–H and O–H groups in total. The smallest absolute Gasteiger partial charge is 0.264 e. The van der Waals surface area contributed by atoms with Crippen molar-refractivity contribution in [2.24, 2.45) is 0 Å². The van der Waals surface area contributed by atoms with Gasteiger partial charge in [-0.3, -0.25) is 4.79 Å². The summed E-state index contributed by atoms with van der Waals surface area (Å²) in [7, 11) is 0. The van der Waals surface area contributed by atoms with Crippen molar-refractivity contribution in [1.29, 1.82) is 0 Å². The Morgan fingerprint density at radius 3 is 2.74 bits per heavy atom. The van der Waals surface area contributed by atoms with E-state index in [1.54, 1.807) is 0 Å². The molecule has 0 aliphatic carbocycles. The van der Waals surface area contributed by atoms with Crippen LogP contribution in [-0.2, 0) is 0 Å². The first-order valence-corrected chi connectivity index (χ1v) is 7.61. The standard InChI is InChI=1S/C15H14ClNOS/c16-12-7-5-11(6-8-12)13-3-1-9-17(13)15(18)14-4-2-10-19-14/h2,4-8,10,13H,1,3,9H2/t13-/m1/s1. The number of amides is 1. The number of carbonyl (C=O) groups is 1. The van der Waals surface area contributed by atoms with Crippen LogP contribution in [0.15, 0.2) is 41.8 Å². The number of rotatable bonds is 2. The second-order valence-electron chi connectivity index (χ2n) is 4.69. The average molecular weight is 292 g/mol. The van der Waals surface area contributed by atoms with E-state index >= 15 is 0 Å². The van der Waals surface area contributed by atoms with Crippen LogP contribution in [0.2, 0.25) is 5.02 Å². The van der Waals surface area contributed by atoms with Crippen molar-refractivity contribution in [2.45, 2.75) is 18.9 Å². The number of nitrogens with zero attached hydrogens (tertiary/aromatic N) is 1. The Labute approximate surface area is 121 Å². The highest BCUT2D eigenvalue weighted by Gasteiger charge is 2.30. The van der Waals surface area contributed by atoms with Gasteiger partial charge in [0.05, 0.1) is 10.9 Å². The Bertz CT molecular complexity index is 564. The molecule has 3 rings (SSSR count). The molecule has 2 heterocycles. The van der Waals surface area contributed by atoms with Gasteiger partial charge in [0.25, 0.3) is 5.91 Å². The summed E-state index contributed by atoms with van der Waals surface area (Å²) in [5.74, 6) is 0.146. The van der Waals surface area contributed by atoms with Crippen molar-refractivity contribution in [3.05, 3.63) is 57.2 Å². The summed E-state index contributed by atoms with van der Waals surface area (Å²) in [6.07, 6.45) is 2.09. The Morgan fingerprint density at radius 1 is 1.26 bits per heavy atom. The number of thiophene rings is 1. The summed E-state index contributed by atoms with van der Waals surface area (Å²) in [6.45, 7) is 0.837. The fourth-order valence-corrected chi connectivity index (χ4v) is 3.39. The fourth-order valence-electron chi connectivity index (χ4n) is 2.58. The zero-order valence-electron chi connectivity index (χ0n) is 10.4. The van der Waals surface area contributed by atoms with E-state index in [4.69, 9.17) is 11.6 Å². The van der Waals surface area contributed by atoms with Gasteiger partial charge in [-0.05, 0) is 42.0 Å². The Morgan fingerprint density at radius 2 is 2.05 bits per heavy atom. The molecule has 1 amide bonds. The van der Waals surface area contributed by atoms with Crippen LogP contribution in [0, 0.1) is 0 Å². The molecular weight excluding hydrogens is 278 g/mol. The minimum absolute atomic E-state index is 0.146. The summed E-state index contributed by atoms with van der Waals surface area (Å²) in [6, 6.07) is 11.8. The number of hydrogen-bond donors (Lipinski definition) is 0. The molecule has 0 saturated carbocycles. The van der Waals surface area contributed by atoms with Gasteiger partial charge in [0, 0.05) is 11.6 Å². The molecule has 2 nitrogen and oxygen atoms in total. The lowest BCUT2D eigenvalue weighted by molar-refractivity contribution is 0.0740. The quantitative estimate of drug-likeness (QED) is 0.804. The van der Waals surface area contributed by atoms with Crippen LogP contribution < -0.4 is 0 Å². The molecule has 1 aliphatic heterocycles. The predicted octanol–water partition coefficient (Wildman–Crippen LogP) is 4.38. The van der Waals surface area contributed by atoms with Gasteiger partial charge in [0.15, 0.2) is 0 Å². The first-order chi connectivity index (χ1) is 9.25. The minimum Gasteiger partial charge on any atom is -0.331 e. The molecule has 1 atom stereocenters. The van der Waals surface area contributed by atoms with Gasteiger partial charge in [-0.2, -0.15) is 0 Å². The van der Waals surface area contributed by atoms with Crippen molar-refractivity contribution < 1.29 is 4.79 Å². The van der Waals surface area contributed by atoms with Crippen molar-refractivity contribution >= 4 is 28.8 Å². The number of carbonyl (C=O) groups excluding carboxylic acids is 1. The van der Waals surface area contributed by atoms with Crippen LogP contribution in [0.1, 0.15) is 34.1 Å². The van der Waals surface area contributed by atoms with Crippen LogP contribution >= 0.6 is 22.9 Å². The highest BCUT2D eigenvalue weighted by atomic mass is 35.5. The van der Waals surface area contributed by atoms with Crippen LogP contribution in [0.4, 0.5) is 0 Å². The van der Waals surface area contributed by atoms with E-state index in [1.807, 2.05) is 46.7 Å². The molecule has 0 radical (unpaired) electrons.